The molecule has 2 rings (SSSR count). The molecule has 0 saturated carbocycles. The first-order valence-corrected chi connectivity index (χ1v) is 6.48. The lowest BCUT2D eigenvalue weighted by Crippen LogP contribution is -2.40. The third-order valence-corrected chi connectivity index (χ3v) is 2.75. The number of para-hydroxylation sites is 1. The molecule has 2 aromatic rings. The molecule has 0 unspecified atom stereocenters. The van der Waals surface area contributed by atoms with E-state index in [0.717, 1.165) is 5.69 Å². The summed E-state index contributed by atoms with van der Waals surface area (Å²) in [6.07, 6.45) is 1.49. The summed E-state index contributed by atoms with van der Waals surface area (Å²) in [5.41, 5.74) is 1.36. The second-order valence-electron chi connectivity index (χ2n) is 5.61. The Labute approximate surface area is 118 Å². The Morgan fingerprint density at radius 3 is 2.50 bits per heavy atom. The van der Waals surface area contributed by atoms with Crippen LogP contribution in [0.4, 0.5) is 0 Å². The molecule has 0 fully saturated rings. The lowest BCUT2D eigenvalue weighted by molar-refractivity contribution is 0.0916. The molecule has 0 aliphatic carbocycles. The molecular weight excluding hydrogens is 254 g/mol. The van der Waals surface area contributed by atoms with Crippen molar-refractivity contribution in [2.75, 3.05) is 0 Å². The van der Waals surface area contributed by atoms with Crippen molar-refractivity contribution in [2.45, 2.75) is 32.9 Å². The van der Waals surface area contributed by atoms with Crippen LogP contribution in [-0.4, -0.2) is 26.3 Å². The monoisotopic (exact) mass is 273 g/mol. The molecule has 1 heterocycles. The largest absolute Gasteiger partial charge is 0.390 e. The number of amides is 1. The van der Waals surface area contributed by atoms with Crippen LogP contribution in [0, 0.1) is 0 Å². The minimum atomic E-state index is -0.335. The van der Waals surface area contributed by atoms with Crippen LogP contribution in [-0.2, 0) is 6.61 Å². The Balaban J connectivity index is 2.38. The number of carbonyl (C=O) groups is 1. The second kappa shape index (κ2) is 5.46. The van der Waals surface area contributed by atoms with Crippen LogP contribution in [0.2, 0.25) is 0 Å². The van der Waals surface area contributed by atoms with Gasteiger partial charge in [0.1, 0.15) is 0 Å². The predicted molar refractivity (Wildman–Crippen MR) is 76.7 cm³/mol. The molecule has 0 radical (unpaired) electrons. The van der Waals surface area contributed by atoms with Gasteiger partial charge in [0.25, 0.3) is 5.91 Å². The van der Waals surface area contributed by atoms with Crippen LogP contribution in [0.1, 0.15) is 36.8 Å². The maximum atomic E-state index is 12.2. The van der Waals surface area contributed by atoms with Gasteiger partial charge in [-0.3, -0.25) is 4.79 Å². The Kier molecular flexibility index (Phi) is 3.90. The van der Waals surface area contributed by atoms with Crippen molar-refractivity contribution in [3.8, 4) is 5.69 Å². The van der Waals surface area contributed by atoms with Crippen molar-refractivity contribution in [2.24, 2.45) is 0 Å². The zero-order valence-corrected chi connectivity index (χ0v) is 11.9. The number of rotatable bonds is 3. The fraction of sp³-hybridized carbons (Fsp3) is 0.333. The van der Waals surface area contributed by atoms with Gasteiger partial charge in [0, 0.05) is 5.54 Å². The Hall–Kier alpha value is -2.14. The van der Waals surface area contributed by atoms with Crippen molar-refractivity contribution in [1.82, 2.24) is 15.1 Å². The van der Waals surface area contributed by atoms with E-state index in [4.69, 9.17) is 0 Å². The molecule has 0 aliphatic heterocycles. The van der Waals surface area contributed by atoms with Gasteiger partial charge in [-0.05, 0) is 32.9 Å². The molecule has 0 spiro atoms. The van der Waals surface area contributed by atoms with Gasteiger partial charge in [-0.1, -0.05) is 18.2 Å². The van der Waals surface area contributed by atoms with Crippen molar-refractivity contribution in [3.63, 3.8) is 0 Å². The van der Waals surface area contributed by atoms with E-state index in [9.17, 15) is 9.90 Å². The normalized spacial score (nSPS) is 11.4. The van der Waals surface area contributed by atoms with Gasteiger partial charge in [0.15, 0.2) is 0 Å². The third kappa shape index (κ3) is 3.05. The van der Waals surface area contributed by atoms with Crippen LogP contribution < -0.4 is 5.32 Å². The van der Waals surface area contributed by atoms with E-state index < -0.39 is 0 Å². The number of aliphatic hydroxyl groups excluding tert-OH is 1. The van der Waals surface area contributed by atoms with E-state index in [0.29, 0.717) is 11.3 Å². The average molecular weight is 273 g/mol. The summed E-state index contributed by atoms with van der Waals surface area (Å²) in [5.74, 6) is -0.233. The summed E-state index contributed by atoms with van der Waals surface area (Å²) >= 11 is 0. The number of nitrogens with one attached hydrogen (secondary N) is 1. The molecule has 106 valence electrons. The van der Waals surface area contributed by atoms with Gasteiger partial charge in [0.2, 0.25) is 0 Å². The highest BCUT2D eigenvalue weighted by atomic mass is 16.3. The second-order valence-corrected chi connectivity index (χ2v) is 5.61. The van der Waals surface area contributed by atoms with Crippen molar-refractivity contribution < 1.29 is 9.90 Å². The fourth-order valence-electron chi connectivity index (χ4n) is 1.92. The molecule has 5 heteroatoms. The smallest absolute Gasteiger partial charge is 0.255 e. The van der Waals surface area contributed by atoms with E-state index in [1.807, 2.05) is 51.1 Å². The van der Waals surface area contributed by atoms with Crippen LogP contribution in [0.3, 0.4) is 0 Å². The third-order valence-electron chi connectivity index (χ3n) is 2.75. The molecule has 1 aromatic carbocycles. The van der Waals surface area contributed by atoms with Gasteiger partial charge >= 0.3 is 0 Å². The summed E-state index contributed by atoms with van der Waals surface area (Å²) in [7, 11) is 0. The van der Waals surface area contributed by atoms with Crippen LogP contribution in [0.15, 0.2) is 36.5 Å². The van der Waals surface area contributed by atoms with Gasteiger partial charge in [-0.2, -0.15) is 5.10 Å². The van der Waals surface area contributed by atoms with Gasteiger partial charge in [-0.15, -0.1) is 0 Å². The fourth-order valence-corrected chi connectivity index (χ4v) is 1.92. The van der Waals surface area contributed by atoms with Crippen LogP contribution in [0.5, 0.6) is 0 Å². The summed E-state index contributed by atoms with van der Waals surface area (Å²) in [6, 6.07) is 9.41. The van der Waals surface area contributed by atoms with E-state index in [2.05, 4.69) is 10.4 Å². The first-order chi connectivity index (χ1) is 9.42. The Bertz CT molecular complexity index is 597. The number of aliphatic hydroxyl groups is 1. The van der Waals surface area contributed by atoms with E-state index in [-0.39, 0.29) is 18.1 Å². The van der Waals surface area contributed by atoms with Crippen molar-refractivity contribution in [1.29, 1.82) is 0 Å². The standard InChI is InChI=1S/C15H19N3O2/c1-15(2,3)17-14(20)12-9-16-18(13(12)10-19)11-7-5-4-6-8-11/h4-9,19H,10H2,1-3H3,(H,17,20). The lowest BCUT2D eigenvalue weighted by atomic mass is 10.1. The van der Waals surface area contributed by atoms with E-state index in [1.54, 1.807) is 4.68 Å². The average Bonchev–Trinajstić information content (AvgIpc) is 2.81. The van der Waals surface area contributed by atoms with E-state index >= 15 is 0 Å². The minimum Gasteiger partial charge on any atom is -0.390 e. The van der Waals surface area contributed by atoms with Gasteiger partial charge in [0.05, 0.1) is 29.7 Å². The molecule has 1 amide bonds. The SMILES string of the molecule is CC(C)(C)NC(=O)c1cnn(-c2ccccc2)c1CO. The van der Waals surface area contributed by atoms with Crippen LogP contribution in [0.25, 0.3) is 5.69 Å². The lowest BCUT2D eigenvalue weighted by Gasteiger charge is -2.20. The van der Waals surface area contributed by atoms with Gasteiger partial charge < -0.3 is 10.4 Å². The molecular formula is C15H19N3O2. The molecule has 0 atom stereocenters. The summed E-state index contributed by atoms with van der Waals surface area (Å²) in [5, 5.41) is 16.6. The molecule has 5 nitrogen and oxygen atoms in total. The summed E-state index contributed by atoms with van der Waals surface area (Å²) in [6.45, 7) is 5.48. The molecule has 0 saturated heterocycles. The first kappa shape index (κ1) is 14.3. The molecule has 20 heavy (non-hydrogen) atoms. The molecule has 0 aliphatic rings. The quantitative estimate of drug-likeness (QED) is 0.897. The van der Waals surface area contributed by atoms with E-state index in [1.165, 1.54) is 6.20 Å². The number of nitrogens with zero attached hydrogens (tertiary/aromatic N) is 2. The molecule has 0 bridgehead atoms. The number of carbonyl (C=O) groups excluding carboxylic acids is 1. The topological polar surface area (TPSA) is 67.2 Å². The zero-order valence-electron chi connectivity index (χ0n) is 11.9. The predicted octanol–water partition coefficient (Wildman–Crippen LogP) is 1.89. The minimum absolute atomic E-state index is 0.233. The zero-order chi connectivity index (χ0) is 14.8. The number of hydrogen-bond donors (Lipinski definition) is 2. The summed E-state index contributed by atoms with van der Waals surface area (Å²) < 4.78 is 1.58. The van der Waals surface area contributed by atoms with Gasteiger partial charge in [-0.25, -0.2) is 4.68 Å². The Morgan fingerprint density at radius 2 is 1.95 bits per heavy atom. The molecule has 1 aromatic heterocycles. The number of benzene rings is 1. The number of hydrogen-bond acceptors (Lipinski definition) is 3. The van der Waals surface area contributed by atoms with Crippen molar-refractivity contribution in [3.05, 3.63) is 47.8 Å². The maximum absolute atomic E-state index is 12.2. The summed E-state index contributed by atoms with van der Waals surface area (Å²) in [4.78, 5) is 12.2. The highest BCUT2D eigenvalue weighted by Gasteiger charge is 2.21. The Morgan fingerprint density at radius 1 is 1.30 bits per heavy atom. The number of aromatic nitrogens is 2. The highest BCUT2D eigenvalue weighted by Crippen LogP contribution is 2.16. The highest BCUT2D eigenvalue weighted by molar-refractivity contribution is 5.95. The van der Waals surface area contributed by atoms with Crippen molar-refractivity contribution >= 4 is 5.91 Å². The first-order valence-electron chi connectivity index (χ1n) is 6.48. The maximum Gasteiger partial charge on any atom is 0.255 e. The van der Waals surface area contributed by atoms with Crippen LogP contribution >= 0.6 is 0 Å². The molecule has 2 N–H and O–H groups in total.